The number of benzene rings is 5. The summed E-state index contributed by atoms with van der Waals surface area (Å²) in [5.74, 6) is 0.731. The van der Waals surface area contributed by atoms with Crippen LogP contribution >= 0.6 is 31.9 Å². The average Bonchev–Trinajstić information content (AvgIpc) is 2.86. The van der Waals surface area contributed by atoms with Crippen molar-refractivity contribution in [2.24, 2.45) is 0 Å². The minimum Gasteiger partial charge on any atom is -0.487 e. The molecule has 0 amide bonds. The highest BCUT2D eigenvalue weighted by atomic mass is 79.9. The summed E-state index contributed by atoms with van der Waals surface area (Å²) >= 11 is 7.31. The minimum atomic E-state index is 0.453. The maximum Gasteiger partial charge on any atom is 0.148 e. The lowest BCUT2D eigenvalue weighted by molar-refractivity contribution is 0.303. The van der Waals surface area contributed by atoms with Crippen molar-refractivity contribution < 1.29 is 4.74 Å². The Kier molecular flexibility index (Phi) is 6.49. The molecule has 0 atom stereocenters. The molecule has 0 unspecified atom stereocenters. The van der Waals surface area contributed by atoms with Gasteiger partial charge in [0.2, 0.25) is 0 Å². The molecule has 0 aliphatic carbocycles. The smallest absolute Gasteiger partial charge is 0.148 e. The Bertz CT molecular complexity index is 1570. The maximum atomic E-state index is 9.84. The van der Waals surface area contributed by atoms with E-state index in [0.29, 0.717) is 12.2 Å². The average molecular weight is 569 g/mol. The van der Waals surface area contributed by atoms with Crippen molar-refractivity contribution in [1.82, 2.24) is 0 Å². The van der Waals surface area contributed by atoms with Crippen LogP contribution in [0.25, 0.3) is 33.2 Å². The minimum absolute atomic E-state index is 0.453. The standard InChI is InChI=1S/C30H19Br2NO/c31-28-15-20(14-26(18-33)24-13-12-21-6-1-2-8-23(21)17-24)16-29(32)30(28)34-19-25-10-5-9-22-7-3-4-11-27(22)25/h1-17H,19H2/b26-14-. The highest BCUT2D eigenvalue weighted by Gasteiger charge is 2.11. The third kappa shape index (κ3) is 4.63. The Morgan fingerprint density at radius 3 is 2.21 bits per heavy atom. The molecule has 0 N–H and O–H groups in total. The lowest BCUT2D eigenvalue weighted by Gasteiger charge is -2.13. The summed E-state index contributed by atoms with van der Waals surface area (Å²) in [6.07, 6.45) is 1.90. The largest absolute Gasteiger partial charge is 0.487 e. The van der Waals surface area contributed by atoms with Gasteiger partial charge in [-0.1, -0.05) is 78.9 Å². The zero-order valence-electron chi connectivity index (χ0n) is 18.1. The van der Waals surface area contributed by atoms with Crippen molar-refractivity contribution in [1.29, 1.82) is 5.26 Å². The van der Waals surface area contributed by atoms with Gasteiger partial charge in [0, 0.05) is 0 Å². The fourth-order valence-electron chi connectivity index (χ4n) is 4.07. The first-order valence-corrected chi connectivity index (χ1v) is 12.4. The molecule has 0 aliphatic heterocycles. The lowest BCUT2D eigenvalue weighted by Crippen LogP contribution is -1.98. The van der Waals surface area contributed by atoms with Crippen molar-refractivity contribution in [2.45, 2.75) is 6.61 Å². The summed E-state index contributed by atoms with van der Waals surface area (Å²) in [6.45, 7) is 0.453. The van der Waals surface area contributed by atoms with Gasteiger partial charge >= 0.3 is 0 Å². The maximum absolute atomic E-state index is 9.84. The first-order valence-electron chi connectivity index (χ1n) is 10.8. The van der Waals surface area contributed by atoms with E-state index in [1.54, 1.807) is 0 Å². The molecule has 34 heavy (non-hydrogen) atoms. The molecule has 0 radical (unpaired) electrons. The van der Waals surface area contributed by atoms with E-state index < -0.39 is 0 Å². The van der Waals surface area contributed by atoms with E-state index in [1.807, 2.05) is 54.6 Å². The van der Waals surface area contributed by atoms with Crippen LogP contribution in [0.1, 0.15) is 16.7 Å². The van der Waals surface area contributed by atoms with Crippen molar-refractivity contribution in [2.75, 3.05) is 0 Å². The number of fused-ring (bicyclic) bond motifs is 2. The quantitative estimate of drug-likeness (QED) is 0.156. The molecule has 0 heterocycles. The van der Waals surface area contributed by atoms with E-state index in [4.69, 9.17) is 4.74 Å². The predicted octanol–water partition coefficient (Wildman–Crippen LogP) is 9.16. The number of ether oxygens (including phenoxy) is 1. The van der Waals surface area contributed by atoms with Crippen molar-refractivity contribution in [3.63, 3.8) is 0 Å². The van der Waals surface area contributed by atoms with E-state index in [-0.39, 0.29) is 0 Å². The Balaban J connectivity index is 1.42. The molecular formula is C30H19Br2NO. The highest BCUT2D eigenvalue weighted by molar-refractivity contribution is 9.11. The molecule has 5 aromatic carbocycles. The van der Waals surface area contributed by atoms with Gasteiger partial charge in [0.1, 0.15) is 12.4 Å². The summed E-state index contributed by atoms with van der Waals surface area (Å²) in [7, 11) is 0. The van der Waals surface area contributed by atoms with Crippen molar-refractivity contribution >= 4 is 65.1 Å². The number of halogens is 2. The van der Waals surface area contributed by atoms with Crippen LogP contribution in [0.2, 0.25) is 0 Å². The van der Waals surface area contributed by atoms with Crippen LogP contribution in [-0.2, 0) is 6.61 Å². The number of rotatable bonds is 5. The Morgan fingerprint density at radius 2 is 1.44 bits per heavy atom. The number of allylic oxidation sites excluding steroid dienone is 1. The molecule has 0 aromatic heterocycles. The van der Waals surface area contributed by atoms with Gasteiger partial charge in [0.25, 0.3) is 0 Å². The van der Waals surface area contributed by atoms with Crippen LogP contribution in [0.5, 0.6) is 5.75 Å². The molecule has 0 saturated heterocycles. The van der Waals surface area contributed by atoms with Gasteiger partial charge in [-0.2, -0.15) is 5.26 Å². The topological polar surface area (TPSA) is 33.0 Å². The van der Waals surface area contributed by atoms with Crippen LogP contribution in [0.4, 0.5) is 0 Å². The summed E-state index contributed by atoms with van der Waals surface area (Å²) in [5, 5.41) is 14.5. The second-order valence-corrected chi connectivity index (χ2v) is 9.68. The summed E-state index contributed by atoms with van der Waals surface area (Å²) < 4.78 is 7.85. The van der Waals surface area contributed by atoms with E-state index in [2.05, 4.69) is 86.5 Å². The molecule has 0 aliphatic rings. The van der Waals surface area contributed by atoms with E-state index in [1.165, 1.54) is 10.8 Å². The van der Waals surface area contributed by atoms with Gasteiger partial charge in [-0.05, 0) is 94.4 Å². The zero-order chi connectivity index (χ0) is 23.5. The monoisotopic (exact) mass is 567 g/mol. The molecule has 0 fully saturated rings. The Morgan fingerprint density at radius 1 is 0.765 bits per heavy atom. The van der Waals surface area contributed by atoms with Gasteiger partial charge in [-0.3, -0.25) is 0 Å². The van der Waals surface area contributed by atoms with Crippen LogP contribution in [0, 0.1) is 11.3 Å². The lowest BCUT2D eigenvalue weighted by atomic mass is 10.00. The summed E-state index contributed by atoms with van der Waals surface area (Å²) in [5.41, 5.74) is 3.53. The Labute approximate surface area is 215 Å². The molecule has 164 valence electrons. The molecule has 5 rings (SSSR count). The van der Waals surface area contributed by atoms with Crippen LogP contribution < -0.4 is 4.74 Å². The first kappa shape index (κ1) is 22.4. The highest BCUT2D eigenvalue weighted by Crippen LogP contribution is 2.37. The molecule has 0 spiro atoms. The number of nitrogens with zero attached hydrogens (tertiary/aromatic N) is 1. The van der Waals surface area contributed by atoms with Gasteiger partial charge in [-0.15, -0.1) is 0 Å². The Hall–Kier alpha value is -3.39. The number of hydrogen-bond acceptors (Lipinski definition) is 2. The van der Waals surface area contributed by atoms with Gasteiger partial charge in [0.05, 0.1) is 20.6 Å². The third-order valence-electron chi connectivity index (χ3n) is 5.76. The van der Waals surface area contributed by atoms with E-state index in [9.17, 15) is 5.26 Å². The molecule has 4 heteroatoms. The van der Waals surface area contributed by atoms with E-state index in [0.717, 1.165) is 42.2 Å². The first-order chi connectivity index (χ1) is 16.6. The van der Waals surface area contributed by atoms with Crippen LogP contribution in [-0.4, -0.2) is 0 Å². The summed E-state index contributed by atoms with van der Waals surface area (Å²) in [6, 6.07) is 35.1. The second kappa shape index (κ2) is 9.85. The molecule has 0 bridgehead atoms. The fourth-order valence-corrected chi connectivity index (χ4v) is 5.52. The van der Waals surface area contributed by atoms with Gasteiger partial charge in [-0.25, -0.2) is 0 Å². The molecule has 2 nitrogen and oxygen atoms in total. The fraction of sp³-hybridized carbons (Fsp3) is 0.0333. The molecule has 0 saturated carbocycles. The number of nitriles is 1. The third-order valence-corrected chi connectivity index (χ3v) is 6.94. The van der Waals surface area contributed by atoms with Crippen molar-refractivity contribution in [3.05, 3.63) is 123 Å². The second-order valence-electron chi connectivity index (χ2n) is 7.97. The zero-order valence-corrected chi connectivity index (χ0v) is 21.3. The van der Waals surface area contributed by atoms with Gasteiger partial charge in [0.15, 0.2) is 0 Å². The summed E-state index contributed by atoms with van der Waals surface area (Å²) in [4.78, 5) is 0. The van der Waals surface area contributed by atoms with E-state index >= 15 is 0 Å². The SMILES string of the molecule is N#C/C(=C/c1cc(Br)c(OCc2cccc3ccccc23)c(Br)c1)c1ccc2ccccc2c1. The molecular weight excluding hydrogens is 550 g/mol. The molecule has 5 aromatic rings. The van der Waals surface area contributed by atoms with Crippen molar-refractivity contribution in [3.8, 4) is 11.8 Å². The normalized spacial score (nSPS) is 11.5. The van der Waals surface area contributed by atoms with Crippen LogP contribution in [0.15, 0.2) is 106 Å². The van der Waals surface area contributed by atoms with Crippen LogP contribution in [0.3, 0.4) is 0 Å². The van der Waals surface area contributed by atoms with Gasteiger partial charge < -0.3 is 4.74 Å². The number of hydrogen-bond donors (Lipinski definition) is 0. The predicted molar refractivity (Wildman–Crippen MR) is 148 cm³/mol.